The minimum Gasteiger partial charge on any atom is -0.463 e. The fourth-order valence-corrected chi connectivity index (χ4v) is 5.80. The summed E-state index contributed by atoms with van der Waals surface area (Å²) < 4.78 is 13.2. The number of nitrogens with zero attached hydrogens (tertiary/aromatic N) is 2. The fraction of sp³-hybridized carbons (Fsp3) is 0.148. The lowest BCUT2D eigenvalue weighted by atomic mass is 9.96. The van der Waals surface area contributed by atoms with Crippen molar-refractivity contribution in [3.05, 3.63) is 112 Å². The highest BCUT2D eigenvalue weighted by Gasteiger charge is 2.33. The number of aromatic nitrogens is 1. The zero-order valence-corrected chi connectivity index (χ0v) is 22.7. The normalized spacial score (nSPS) is 15.5. The molecule has 10 heteroatoms. The minimum atomic E-state index is -0.713. The first-order valence-corrected chi connectivity index (χ1v) is 13.2. The van der Waals surface area contributed by atoms with E-state index in [0.717, 1.165) is 0 Å². The van der Waals surface area contributed by atoms with Gasteiger partial charge in [0.05, 0.1) is 33.5 Å². The van der Waals surface area contributed by atoms with Crippen molar-refractivity contribution in [2.45, 2.75) is 19.9 Å². The van der Waals surface area contributed by atoms with Crippen molar-refractivity contribution in [3.63, 3.8) is 0 Å². The Morgan fingerprint density at radius 2 is 1.84 bits per heavy atom. The molecule has 0 N–H and O–H groups in total. The Labute approximate surface area is 230 Å². The van der Waals surface area contributed by atoms with Gasteiger partial charge < -0.3 is 9.15 Å². The lowest BCUT2D eigenvalue weighted by molar-refractivity contribution is -0.139. The van der Waals surface area contributed by atoms with Gasteiger partial charge in [0.25, 0.3) is 5.56 Å². The molecule has 6 nitrogen and oxygen atoms in total. The third-order valence-corrected chi connectivity index (χ3v) is 7.58. The molecule has 5 rings (SSSR count). The van der Waals surface area contributed by atoms with Crippen LogP contribution in [0.15, 0.2) is 80.1 Å². The number of rotatable bonds is 5. The number of esters is 1. The first kappa shape index (κ1) is 25.5. The number of carbonyl (C=O) groups excluding carboxylic acids is 1. The molecular weight excluding hydrogens is 555 g/mol. The molecular formula is C27H19Cl3N2O4S. The summed E-state index contributed by atoms with van der Waals surface area (Å²) in [5.41, 5.74) is 1.89. The Balaban J connectivity index is 1.63. The quantitative estimate of drug-likeness (QED) is 0.274. The van der Waals surface area contributed by atoms with Gasteiger partial charge in [0.1, 0.15) is 11.5 Å². The lowest BCUT2D eigenvalue weighted by Gasteiger charge is -2.24. The summed E-state index contributed by atoms with van der Waals surface area (Å²) in [6, 6.07) is 15.0. The van der Waals surface area contributed by atoms with Crippen LogP contribution in [0.2, 0.25) is 15.1 Å². The summed E-state index contributed by atoms with van der Waals surface area (Å²) in [5, 5.41) is 1.52. The van der Waals surface area contributed by atoms with Crippen molar-refractivity contribution < 1.29 is 13.9 Å². The highest BCUT2D eigenvalue weighted by Crippen LogP contribution is 2.33. The molecule has 0 radical (unpaired) electrons. The highest BCUT2D eigenvalue weighted by atomic mass is 35.5. The Kier molecular flexibility index (Phi) is 7.14. The van der Waals surface area contributed by atoms with Crippen LogP contribution < -0.4 is 14.9 Å². The standard InChI is InChI=1S/C27H19Cl3N2O4S/c1-3-35-26(34)23-14(2)31-27-32(24(23)15-4-6-16(28)7-5-15)25(33)22(37-27)13-18-9-11-21(36-18)19-10-8-17(29)12-20(19)30/h4-13,24H,3H2,1-2H3. The number of carbonyl (C=O) groups is 1. The van der Waals surface area contributed by atoms with Crippen molar-refractivity contribution in [1.82, 2.24) is 4.57 Å². The van der Waals surface area contributed by atoms with Gasteiger partial charge in [-0.05, 0) is 61.9 Å². The van der Waals surface area contributed by atoms with Crippen molar-refractivity contribution in [2.75, 3.05) is 6.61 Å². The predicted molar refractivity (Wildman–Crippen MR) is 146 cm³/mol. The van der Waals surface area contributed by atoms with E-state index in [4.69, 9.17) is 44.0 Å². The molecule has 4 aromatic rings. The molecule has 1 aliphatic rings. The fourth-order valence-electron chi connectivity index (χ4n) is 4.15. The number of furan rings is 1. The molecule has 2 aromatic carbocycles. The smallest absolute Gasteiger partial charge is 0.338 e. The first-order valence-electron chi connectivity index (χ1n) is 11.3. The van der Waals surface area contributed by atoms with Gasteiger partial charge in [-0.3, -0.25) is 9.36 Å². The second kappa shape index (κ2) is 10.3. The molecule has 3 heterocycles. The van der Waals surface area contributed by atoms with Crippen molar-refractivity contribution >= 4 is 58.2 Å². The topological polar surface area (TPSA) is 73.8 Å². The average Bonchev–Trinajstić information content (AvgIpc) is 3.43. The van der Waals surface area contributed by atoms with Crippen LogP contribution >= 0.6 is 46.1 Å². The molecule has 0 aliphatic carbocycles. The number of hydrogen-bond donors (Lipinski definition) is 0. The summed E-state index contributed by atoms with van der Waals surface area (Å²) in [6.45, 7) is 3.67. The molecule has 0 fully saturated rings. The van der Waals surface area contributed by atoms with Crippen molar-refractivity contribution in [2.24, 2.45) is 4.99 Å². The molecule has 1 atom stereocenters. The second-order valence-electron chi connectivity index (χ2n) is 8.18. The van der Waals surface area contributed by atoms with E-state index in [2.05, 4.69) is 4.99 Å². The van der Waals surface area contributed by atoms with Crippen LogP contribution in [0.3, 0.4) is 0 Å². The second-order valence-corrected chi connectivity index (χ2v) is 10.5. The van der Waals surface area contributed by atoms with E-state index in [9.17, 15) is 9.59 Å². The van der Waals surface area contributed by atoms with Crippen LogP contribution in [0, 0.1) is 0 Å². The van der Waals surface area contributed by atoms with E-state index >= 15 is 0 Å². The number of hydrogen-bond acceptors (Lipinski definition) is 6. The summed E-state index contributed by atoms with van der Waals surface area (Å²) in [4.78, 5) is 31.7. The van der Waals surface area contributed by atoms with Gasteiger partial charge in [-0.1, -0.05) is 58.3 Å². The molecule has 37 heavy (non-hydrogen) atoms. The number of ether oxygens (including phenoxy) is 1. The van der Waals surface area contributed by atoms with Crippen LogP contribution in [0.4, 0.5) is 0 Å². The Hall–Kier alpha value is -3.10. The maximum absolute atomic E-state index is 13.7. The molecule has 0 spiro atoms. The molecule has 2 aromatic heterocycles. The SMILES string of the molecule is CCOC(=O)C1=C(C)N=c2sc(=Cc3ccc(-c4ccc(Cl)cc4Cl)o3)c(=O)n2C1c1ccc(Cl)cc1. The monoisotopic (exact) mass is 572 g/mol. The van der Waals surface area contributed by atoms with E-state index in [-0.39, 0.29) is 12.2 Å². The van der Waals surface area contributed by atoms with Crippen LogP contribution in [0.25, 0.3) is 17.4 Å². The summed E-state index contributed by atoms with van der Waals surface area (Å²) in [6.07, 6.45) is 1.65. The van der Waals surface area contributed by atoms with Crippen LogP contribution in [0.5, 0.6) is 0 Å². The van der Waals surface area contributed by atoms with Gasteiger partial charge in [-0.2, -0.15) is 0 Å². The average molecular weight is 574 g/mol. The van der Waals surface area contributed by atoms with Crippen LogP contribution in [0.1, 0.15) is 31.2 Å². The molecule has 0 saturated carbocycles. The molecule has 0 amide bonds. The summed E-state index contributed by atoms with van der Waals surface area (Å²) >= 11 is 19.6. The van der Waals surface area contributed by atoms with Crippen LogP contribution in [-0.4, -0.2) is 17.1 Å². The number of halogens is 3. The summed E-state index contributed by atoms with van der Waals surface area (Å²) in [5.74, 6) is 0.490. The van der Waals surface area contributed by atoms with Gasteiger partial charge in [-0.25, -0.2) is 9.79 Å². The van der Waals surface area contributed by atoms with Gasteiger partial charge in [0, 0.05) is 21.7 Å². The maximum Gasteiger partial charge on any atom is 0.338 e. The zero-order chi connectivity index (χ0) is 26.3. The van der Waals surface area contributed by atoms with Crippen molar-refractivity contribution in [3.8, 4) is 11.3 Å². The largest absolute Gasteiger partial charge is 0.463 e. The van der Waals surface area contributed by atoms with E-state index in [1.165, 1.54) is 15.9 Å². The number of allylic oxidation sites excluding steroid dienone is 1. The molecule has 188 valence electrons. The summed E-state index contributed by atoms with van der Waals surface area (Å²) in [7, 11) is 0. The van der Waals surface area contributed by atoms with Gasteiger partial charge in [0.15, 0.2) is 4.80 Å². The number of thiazole rings is 1. The molecule has 1 unspecified atom stereocenters. The third kappa shape index (κ3) is 4.92. The van der Waals surface area contributed by atoms with Gasteiger partial charge in [0.2, 0.25) is 0 Å². The first-order chi connectivity index (χ1) is 17.8. The van der Waals surface area contributed by atoms with E-state index in [1.807, 2.05) is 0 Å². The predicted octanol–water partition coefficient (Wildman–Crippen LogP) is 6.02. The maximum atomic E-state index is 13.7. The van der Waals surface area contributed by atoms with E-state index in [1.54, 1.807) is 74.5 Å². The van der Waals surface area contributed by atoms with Gasteiger partial charge in [-0.15, -0.1) is 0 Å². The van der Waals surface area contributed by atoms with E-state index in [0.29, 0.717) is 58.3 Å². The Morgan fingerprint density at radius 1 is 1.11 bits per heavy atom. The molecule has 1 aliphatic heterocycles. The lowest BCUT2D eigenvalue weighted by Crippen LogP contribution is -2.39. The zero-order valence-electron chi connectivity index (χ0n) is 19.6. The third-order valence-electron chi connectivity index (χ3n) is 5.80. The van der Waals surface area contributed by atoms with E-state index < -0.39 is 12.0 Å². The van der Waals surface area contributed by atoms with Crippen LogP contribution in [-0.2, 0) is 9.53 Å². The van der Waals surface area contributed by atoms with Gasteiger partial charge >= 0.3 is 5.97 Å². The molecule has 0 bridgehead atoms. The number of benzene rings is 2. The Bertz CT molecular complexity index is 1730. The van der Waals surface area contributed by atoms with Crippen molar-refractivity contribution in [1.29, 1.82) is 0 Å². The number of fused-ring (bicyclic) bond motifs is 1. The highest BCUT2D eigenvalue weighted by molar-refractivity contribution is 7.07. The molecule has 0 saturated heterocycles. The minimum absolute atomic E-state index is 0.200. The Morgan fingerprint density at radius 3 is 2.54 bits per heavy atom.